The van der Waals surface area contributed by atoms with Gasteiger partial charge in [0.25, 0.3) is 0 Å². The second-order valence-electron chi connectivity index (χ2n) is 16.3. The molecule has 2 aliphatic carbocycles. The van der Waals surface area contributed by atoms with Gasteiger partial charge in [0.15, 0.2) is 17.5 Å². The van der Waals surface area contributed by atoms with Gasteiger partial charge in [-0.25, -0.2) is 15.0 Å². The second kappa shape index (κ2) is 13.4. The molecule has 13 rings (SSSR count). The summed E-state index contributed by atoms with van der Waals surface area (Å²) in [5.41, 5.74) is 19.1. The molecule has 2 aromatic heterocycles. The summed E-state index contributed by atoms with van der Waals surface area (Å²) in [5.74, 6) is 1.78. The van der Waals surface area contributed by atoms with E-state index in [9.17, 15) is 0 Å². The first kappa shape index (κ1) is 34.6. The van der Waals surface area contributed by atoms with Crippen molar-refractivity contribution < 1.29 is 4.42 Å². The molecule has 0 saturated carbocycles. The van der Waals surface area contributed by atoms with Crippen LogP contribution in [-0.4, -0.2) is 15.0 Å². The fourth-order valence-electron chi connectivity index (χ4n) is 10.2. The number of para-hydroxylation sites is 2. The molecule has 9 aromatic carbocycles. The molecule has 1 spiro atoms. The Bertz CT molecular complexity index is 3520. The van der Waals surface area contributed by atoms with Crippen LogP contribution in [0.1, 0.15) is 22.3 Å². The number of hydrogen-bond acceptors (Lipinski definition) is 4. The summed E-state index contributed by atoms with van der Waals surface area (Å²) in [5, 5.41) is 2.10. The third kappa shape index (κ3) is 5.04. The van der Waals surface area contributed by atoms with Crippen LogP contribution in [0.15, 0.2) is 217 Å². The third-order valence-corrected chi connectivity index (χ3v) is 13.0. The van der Waals surface area contributed by atoms with Crippen molar-refractivity contribution in [1.82, 2.24) is 15.0 Å². The molecule has 0 radical (unpaired) electrons. The predicted octanol–water partition coefficient (Wildman–Crippen LogP) is 14.4. The normalized spacial score (nSPS) is 13.0. The number of hydrogen-bond donors (Lipinski definition) is 0. The SMILES string of the molecule is c1ccc(-c2nc(-c3cccc(-c4ccc(-c5ccc6c(c5)C5(c7ccccc7-c7ccccc75)c5ccccc5-6)cc4)c3)nc(-c3cccc4c3oc3ccccc34)n2)cc1. The van der Waals surface area contributed by atoms with Crippen molar-refractivity contribution in [3.63, 3.8) is 0 Å². The maximum absolute atomic E-state index is 6.44. The van der Waals surface area contributed by atoms with Crippen LogP contribution < -0.4 is 0 Å². The highest BCUT2D eigenvalue weighted by Crippen LogP contribution is 2.63. The molecule has 0 fully saturated rings. The van der Waals surface area contributed by atoms with Crippen molar-refractivity contribution >= 4 is 21.9 Å². The molecule has 62 heavy (non-hydrogen) atoms. The van der Waals surface area contributed by atoms with Crippen LogP contribution in [0.5, 0.6) is 0 Å². The van der Waals surface area contributed by atoms with E-state index in [1.165, 1.54) is 55.6 Å². The standard InChI is InChI=1S/C58H35N3O/c1-2-14-38(15-3-1)55-59-56(61-57(60-55)48-23-13-22-47-46-21-7-11-27-53(46)62-54(47)48)41-17-12-16-39(34-41)36-28-30-37(31-29-36)40-32-33-45-44-20-6-10-26-51(44)58(52(45)35-40)49-24-8-4-18-42(49)43-19-5-9-25-50(43)58/h1-35H. The van der Waals surface area contributed by atoms with Gasteiger partial charge in [0.05, 0.1) is 11.0 Å². The maximum atomic E-state index is 6.44. The van der Waals surface area contributed by atoms with E-state index in [-0.39, 0.29) is 5.41 Å². The largest absolute Gasteiger partial charge is 0.455 e. The number of rotatable bonds is 5. The zero-order valence-corrected chi connectivity index (χ0v) is 33.5. The fourth-order valence-corrected chi connectivity index (χ4v) is 10.2. The Kier molecular flexibility index (Phi) is 7.49. The molecular weight excluding hydrogens is 755 g/mol. The summed E-state index contributed by atoms with van der Waals surface area (Å²) >= 11 is 0. The highest BCUT2D eigenvalue weighted by Gasteiger charge is 2.51. The van der Waals surface area contributed by atoms with E-state index >= 15 is 0 Å². The van der Waals surface area contributed by atoms with Gasteiger partial charge in [-0.1, -0.05) is 188 Å². The quantitative estimate of drug-likeness (QED) is 0.174. The van der Waals surface area contributed by atoms with Gasteiger partial charge in [-0.2, -0.15) is 0 Å². The number of furan rings is 1. The van der Waals surface area contributed by atoms with E-state index < -0.39 is 0 Å². The highest BCUT2D eigenvalue weighted by molar-refractivity contribution is 6.09. The molecule has 288 valence electrons. The lowest BCUT2D eigenvalue weighted by Gasteiger charge is -2.30. The first-order chi connectivity index (χ1) is 30.7. The number of benzene rings is 9. The van der Waals surface area contributed by atoms with Crippen LogP contribution in [0.2, 0.25) is 0 Å². The lowest BCUT2D eigenvalue weighted by Crippen LogP contribution is -2.25. The van der Waals surface area contributed by atoms with Crippen LogP contribution in [0.4, 0.5) is 0 Å². The Morgan fingerprint density at radius 2 is 0.758 bits per heavy atom. The van der Waals surface area contributed by atoms with E-state index in [0.29, 0.717) is 17.5 Å². The molecular formula is C58H35N3O. The van der Waals surface area contributed by atoms with Crippen molar-refractivity contribution in [2.45, 2.75) is 5.41 Å². The molecule has 0 saturated heterocycles. The Labute approximate surface area is 358 Å². The average molecular weight is 790 g/mol. The van der Waals surface area contributed by atoms with E-state index in [0.717, 1.165) is 49.8 Å². The summed E-state index contributed by atoms with van der Waals surface area (Å²) in [6.45, 7) is 0. The number of nitrogens with zero attached hydrogens (tertiary/aromatic N) is 3. The molecule has 2 aliphatic rings. The Hall–Kier alpha value is -8.21. The van der Waals surface area contributed by atoms with Crippen molar-refractivity contribution in [2.24, 2.45) is 0 Å². The van der Waals surface area contributed by atoms with Gasteiger partial charge in [0.1, 0.15) is 11.2 Å². The smallest absolute Gasteiger partial charge is 0.167 e. The van der Waals surface area contributed by atoms with Crippen LogP contribution in [-0.2, 0) is 5.41 Å². The predicted molar refractivity (Wildman–Crippen MR) is 251 cm³/mol. The lowest BCUT2D eigenvalue weighted by atomic mass is 9.70. The first-order valence-corrected chi connectivity index (χ1v) is 21.1. The summed E-state index contributed by atoms with van der Waals surface area (Å²) in [4.78, 5) is 15.2. The summed E-state index contributed by atoms with van der Waals surface area (Å²) in [6, 6.07) is 75.8. The zero-order chi connectivity index (χ0) is 40.8. The van der Waals surface area contributed by atoms with E-state index in [1.54, 1.807) is 0 Å². The van der Waals surface area contributed by atoms with Crippen LogP contribution in [0, 0.1) is 0 Å². The molecule has 0 bridgehead atoms. The van der Waals surface area contributed by atoms with Crippen molar-refractivity contribution in [3.8, 4) is 78.7 Å². The molecule has 0 aliphatic heterocycles. The van der Waals surface area contributed by atoms with E-state index in [1.807, 2.05) is 60.7 Å². The fraction of sp³-hybridized carbons (Fsp3) is 0.0172. The minimum Gasteiger partial charge on any atom is -0.455 e. The molecule has 0 N–H and O–H groups in total. The van der Waals surface area contributed by atoms with Gasteiger partial charge >= 0.3 is 0 Å². The van der Waals surface area contributed by atoms with E-state index in [2.05, 4.69) is 152 Å². The van der Waals surface area contributed by atoms with Gasteiger partial charge in [-0.3, -0.25) is 0 Å². The molecule has 11 aromatic rings. The summed E-state index contributed by atoms with van der Waals surface area (Å²) in [7, 11) is 0. The average Bonchev–Trinajstić information content (AvgIpc) is 3.98. The Balaban J connectivity index is 0.893. The molecule has 4 heteroatoms. The van der Waals surface area contributed by atoms with Crippen LogP contribution in [0.3, 0.4) is 0 Å². The summed E-state index contributed by atoms with van der Waals surface area (Å²) < 4.78 is 6.44. The van der Waals surface area contributed by atoms with Crippen LogP contribution in [0.25, 0.3) is 101 Å². The molecule has 0 amide bonds. The summed E-state index contributed by atoms with van der Waals surface area (Å²) in [6.07, 6.45) is 0. The Morgan fingerprint density at radius 1 is 0.290 bits per heavy atom. The minimum atomic E-state index is -0.372. The van der Waals surface area contributed by atoms with Gasteiger partial charge < -0.3 is 4.42 Å². The highest BCUT2D eigenvalue weighted by atomic mass is 16.3. The van der Waals surface area contributed by atoms with Crippen molar-refractivity contribution in [2.75, 3.05) is 0 Å². The molecule has 4 nitrogen and oxygen atoms in total. The van der Waals surface area contributed by atoms with Gasteiger partial charge in [-0.15, -0.1) is 0 Å². The van der Waals surface area contributed by atoms with Gasteiger partial charge in [0, 0.05) is 21.9 Å². The topological polar surface area (TPSA) is 51.8 Å². The van der Waals surface area contributed by atoms with Gasteiger partial charge in [-0.05, 0) is 91.0 Å². The first-order valence-electron chi connectivity index (χ1n) is 21.1. The maximum Gasteiger partial charge on any atom is 0.167 e. The number of fused-ring (bicyclic) bond motifs is 13. The molecule has 2 heterocycles. The third-order valence-electron chi connectivity index (χ3n) is 13.0. The molecule has 0 atom stereocenters. The second-order valence-corrected chi connectivity index (χ2v) is 16.3. The zero-order valence-electron chi connectivity index (χ0n) is 33.5. The number of aromatic nitrogens is 3. The minimum absolute atomic E-state index is 0.372. The van der Waals surface area contributed by atoms with Crippen LogP contribution >= 0.6 is 0 Å². The monoisotopic (exact) mass is 789 g/mol. The van der Waals surface area contributed by atoms with Gasteiger partial charge in [0.2, 0.25) is 0 Å². The Morgan fingerprint density at radius 3 is 1.45 bits per heavy atom. The molecule has 0 unspecified atom stereocenters. The van der Waals surface area contributed by atoms with Crippen molar-refractivity contribution in [1.29, 1.82) is 0 Å². The van der Waals surface area contributed by atoms with E-state index in [4.69, 9.17) is 19.4 Å². The lowest BCUT2D eigenvalue weighted by molar-refractivity contribution is 0.669. The van der Waals surface area contributed by atoms with Crippen molar-refractivity contribution in [3.05, 3.63) is 235 Å².